The van der Waals surface area contributed by atoms with E-state index in [1.807, 2.05) is 19.0 Å². The van der Waals surface area contributed by atoms with Gasteiger partial charge < -0.3 is 10.2 Å². The summed E-state index contributed by atoms with van der Waals surface area (Å²) >= 11 is 0. The van der Waals surface area contributed by atoms with E-state index >= 15 is 0 Å². The van der Waals surface area contributed by atoms with E-state index in [0.717, 1.165) is 6.07 Å². The Labute approximate surface area is 143 Å². The van der Waals surface area contributed by atoms with E-state index in [1.54, 1.807) is 12.1 Å². The summed E-state index contributed by atoms with van der Waals surface area (Å²) in [5.41, 5.74) is 0.520. The molecule has 2 aromatic rings. The minimum Gasteiger partial charge on any atom is -0.375 e. The number of rotatable bonds is 7. The predicted octanol–water partition coefficient (Wildman–Crippen LogP) is 3.32. The third-order valence-corrected chi connectivity index (χ3v) is 3.48. The topological polar surface area (TPSA) is 102 Å². The molecule has 0 saturated heterocycles. The first-order chi connectivity index (χ1) is 11.8. The molecule has 0 aromatic heterocycles. The molecule has 8 nitrogen and oxygen atoms in total. The standard InChI is InChI=1S/C16H17FN4O4/c1-19(2)10-12-4-3-11(7-14(12)17)9-18-15-6-5-13(20(22)23)8-16(15)21(24)25/h3-8,18H,9-10H2,1-2H3. The Morgan fingerprint density at radius 2 is 1.80 bits per heavy atom. The Balaban J connectivity index is 2.17. The second kappa shape index (κ2) is 7.67. The summed E-state index contributed by atoms with van der Waals surface area (Å²) < 4.78 is 14.0. The van der Waals surface area contributed by atoms with Gasteiger partial charge >= 0.3 is 0 Å². The SMILES string of the molecule is CN(C)Cc1ccc(CNc2ccc([N+](=O)[O-])cc2[N+](=O)[O-])cc1F. The number of benzene rings is 2. The van der Waals surface area contributed by atoms with Crippen molar-refractivity contribution in [3.63, 3.8) is 0 Å². The van der Waals surface area contributed by atoms with E-state index in [9.17, 15) is 24.6 Å². The fourth-order valence-electron chi connectivity index (χ4n) is 2.30. The molecule has 0 atom stereocenters. The first-order valence-electron chi connectivity index (χ1n) is 7.36. The van der Waals surface area contributed by atoms with Gasteiger partial charge in [-0.2, -0.15) is 0 Å². The van der Waals surface area contributed by atoms with Gasteiger partial charge in [0.05, 0.1) is 15.9 Å². The second-order valence-electron chi connectivity index (χ2n) is 5.73. The molecule has 0 spiro atoms. The summed E-state index contributed by atoms with van der Waals surface area (Å²) in [4.78, 5) is 22.3. The molecule has 1 N–H and O–H groups in total. The highest BCUT2D eigenvalue weighted by atomic mass is 19.1. The van der Waals surface area contributed by atoms with E-state index < -0.39 is 15.5 Å². The molecule has 0 radical (unpaired) electrons. The lowest BCUT2D eigenvalue weighted by atomic mass is 10.1. The van der Waals surface area contributed by atoms with Gasteiger partial charge in [-0.15, -0.1) is 0 Å². The van der Waals surface area contributed by atoms with Crippen LogP contribution in [0.25, 0.3) is 0 Å². The van der Waals surface area contributed by atoms with Crippen LogP contribution in [-0.4, -0.2) is 28.8 Å². The van der Waals surface area contributed by atoms with Crippen LogP contribution in [0.2, 0.25) is 0 Å². The van der Waals surface area contributed by atoms with Crippen molar-refractivity contribution in [2.75, 3.05) is 19.4 Å². The molecule has 0 aliphatic rings. The fraction of sp³-hybridized carbons (Fsp3) is 0.250. The molecule has 9 heteroatoms. The molecular formula is C16H17FN4O4. The lowest BCUT2D eigenvalue weighted by molar-refractivity contribution is -0.393. The van der Waals surface area contributed by atoms with Crippen molar-refractivity contribution < 1.29 is 14.2 Å². The normalized spacial score (nSPS) is 10.7. The molecule has 0 aliphatic heterocycles. The molecule has 132 valence electrons. The van der Waals surface area contributed by atoms with Crippen LogP contribution in [-0.2, 0) is 13.1 Å². The van der Waals surface area contributed by atoms with Crippen molar-refractivity contribution >= 4 is 17.1 Å². The monoisotopic (exact) mass is 348 g/mol. The van der Waals surface area contributed by atoms with Gasteiger partial charge in [0.2, 0.25) is 0 Å². The highest BCUT2D eigenvalue weighted by Crippen LogP contribution is 2.29. The number of hydrogen-bond donors (Lipinski definition) is 1. The Hall–Kier alpha value is -3.07. The summed E-state index contributed by atoms with van der Waals surface area (Å²) in [5.74, 6) is -0.355. The van der Waals surface area contributed by atoms with Crippen LogP contribution in [0, 0.1) is 26.0 Å². The lowest BCUT2D eigenvalue weighted by Gasteiger charge is -2.12. The lowest BCUT2D eigenvalue weighted by Crippen LogP contribution is -2.12. The van der Waals surface area contributed by atoms with E-state index in [-0.39, 0.29) is 23.7 Å². The molecule has 2 rings (SSSR count). The first kappa shape index (κ1) is 18.3. The maximum Gasteiger partial charge on any atom is 0.299 e. The molecule has 0 aliphatic carbocycles. The fourth-order valence-corrected chi connectivity index (χ4v) is 2.30. The molecule has 0 heterocycles. The van der Waals surface area contributed by atoms with Gasteiger partial charge in [-0.1, -0.05) is 12.1 Å². The first-order valence-corrected chi connectivity index (χ1v) is 7.36. The molecule has 0 fully saturated rings. The van der Waals surface area contributed by atoms with E-state index in [1.165, 1.54) is 18.2 Å². The minimum atomic E-state index is -0.699. The van der Waals surface area contributed by atoms with Crippen molar-refractivity contribution in [2.24, 2.45) is 0 Å². The highest BCUT2D eigenvalue weighted by Gasteiger charge is 2.19. The van der Waals surface area contributed by atoms with Crippen molar-refractivity contribution in [1.29, 1.82) is 0 Å². The summed E-state index contributed by atoms with van der Waals surface area (Å²) in [5, 5.41) is 24.6. The number of non-ortho nitro benzene ring substituents is 1. The molecule has 0 amide bonds. The van der Waals surface area contributed by atoms with Gasteiger partial charge in [0.25, 0.3) is 11.4 Å². The Kier molecular flexibility index (Phi) is 5.60. The van der Waals surface area contributed by atoms with Gasteiger partial charge in [-0.05, 0) is 31.8 Å². The van der Waals surface area contributed by atoms with E-state index in [4.69, 9.17) is 0 Å². The summed E-state index contributed by atoms with van der Waals surface area (Å²) in [6.07, 6.45) is 0. The Morgan fingerprint density at radius 3 is 2.36 bits per heavy atom. The van der Waals surface area contributed by atoms with Crippen LogP contribution >= 0.6 is 0 Å². The third-order valence-electron chi connectivity index (χ3n) is 3.48. The van der Waals surface area contributed by atoms with Gasteiger partial charge in [0.1, 0.15) is 11.5 Å². The maximum absolute atomic E-state index is 14.0. The molecule has 0 saturated carbocycles. The smallest absolute Gasteiger partial charge is 0.299 e. The van der Waals surface area contributed by atoms with Gasteiger partial charge in [-0.25, -0.2) is 4.39 Å². The molecule has 2 aromatic carbocycles. The van der Waals surface area contributed by atoms with Crippen molar-refractivity contribution in [3.8, 4) is 0 Å². The third kappa shape index (κ3) is 4.70. The molecule has 0 bridgehead atoms. The number of anilines is 1. The summed E-state index contributed by atoms with van der Waals surface area (Å²) in [7, 11) is 3.67. The van der Waals surface area contributed by atoms with Gasteiger partial charge in [-0.3, -0.25) is 20.2 Å². The van der Waals surface area contributed by atoms with Crippen LogP contribution in [0.4, 0.5) is 21.5 Å². The number of hydrogen-bond acceptors (Lipinski definition) is 6. The Morgan fingerprint density at radius 1 is 1.08 bits per heavy atom. The number of nitro benzene ring substituents is 2. The number of nitrogens with one attached hydrogen (secondary N) is 1. The molecular weight excluding hydrogens is 331 g/mol. The second-order valence-corrected chi connectivity index (χ2v) is 5.73. The zero-order chi connectivity index (χ0) is 18.6. The van der Waals surface area contributed by atoms with Gasteiger partial charge in [0.15, 0.2) is 0 Å². The average molecular weight is 348 g/mol. The number of halogens is 1. The zero-order valence-electron chi connectivity index (χ0n) is 13.7. The van der Waals surface area contributed by atoms with Crippen molar-refractivity contribution in [3.05, 3.63) is 73.6 Å². The summed E-state index contributed by atoms with van der Waals surface area (Å²) in [6, 6.07) is 8.10. The quantitative estimate of drug-likeness (QED) is 0.608. The minimum absolute atomic E-state index is 0.133. The zero-order valence-corrected chi connectivity index (χ0v) is 13.7. The largest absolute Gasteiger partial charge is 0.375 e. The molecule has 0 unspecified atom stereocenters. The van der Waals surface area contributed by atoms with Crippen LogP contribution in [0.3, 0.4) is 0 Å². The van der Waals surface area contributed by atoms with E-state index in [2.05, 4.69) is 5.32 Å². The average Bonchev–Trinajstić information content (AvgIpc) is 2.54. The highest BCUT2D eigenvalue weighted by molar-refractivity contribution is 5.65. The number of nitrogens with zero attached hydrogens (tertiary/aromatic N) is 3. The van der Waals surface area contributed by atoms with Crippen molar-refractivity contribution in [2.45, 2.75) is 13.1 Å². The predicted molar refractivity (Wildman–Crippen MR) is 90.9 cm³/mol. The van der Waals surface area contributed by atoms with Crippen LogP contribution < -0.4 is 5.32 Å². The van der Waals surface area contributed by atoms with Crippen molar-refractivity contribution in [1.82, 2.24) is 4.90 Å². The van der Waals surface area contributed by atoms with E-state index in [0.29, 0.717) is 17.7 Å². The number of nitro groups is 2. The molecule has 25 heavy (non-hydrogen) atoms. The van der Waals surface area contributed by atoms with Crippen LogP contribution in [0.15, 0.2) is 36.4 Å². The van der Waals surface area contributed by atoms with Gasteiger partial charge in [0, 0.05) is 24.7 Å². The Bertz CT molecular complexity index is 811. The maximum atomic E-state index is 14.0. The van der Waals surface area contributed by atoms with Crippen LogP contribution in [0.1, 0.15) is 11.1 Å². The summed E-state index contributed by atoms with van der Waals surface area (Å²) in [6.45, 7) is 0.616. The van der Waals surface area contributed by atoms with Crippen LogP contribution in [0.5, 0.6) is 0 Å².